The van der Waals surface area contributed by atoms with Crippen LogP contribution in [0.5, 0.6) is 11.5 Å². The summed E-state index contributed by atoms with van der Waals surface area (Å²) in [6, 6.07) is 9.01. The van der Waals surface area contributed by atoms with Crippen LogP contribution in [0.1, 0.15) is 35.8 Å². The fourth-order valence-electron chi connectivity index (χ4n) is 4.09. The Morgan fingerprint density at radius 3 is 2.41 bits per heavy atom. The van der Waals surface area contributed by atoms with E-state index in [2.05, 4.69) is 5.32 Å². The van der Waals surface area contributed by atoms with Crippen LogP contribution in [-0.4, -0.2) is 61.1 Å². The van der Waals surface area contributed by atoms with Crippen molar-refractivity contribution in [2.45, 2.75) is 42.1 Å². The number of carboxylic acids is 1. The normalized spacial score (nSPS) is 23.4. The van der Waals surface area contributed by atoms with Crippen molar-refractivity contribution in [3.8, 4) is 11.5 Å². The first-order chi connectivity index (χ1) is 16.0. The molecule has 5 N–H and O–H groups in total. The molecule has 1 unspecified atom stereocenters. The first kappa shape index (κ1) is 23.6. The third-order valence-corrected chi connectivity index (χ3v) is 7.40. The molecule has 0 radical (unpaired) electrons. The predicted octanol–water partition coefficient (Wildman–Crippen LogP) is 1.24. The second-order valence-corrected chi connectivity index (χ2v) is 10.3. The van der Waals surface area contributed by atoms with E-state index in [0.717, 1.165) is 0 Å². The minimum atomic E-state index is -1.10. The van der Waals surface area contributed by atoms with E-state index in [9.17, 15) is 29.4 Å². The molecule has 0 spiro atoms. The monoisotopic (exact) mass is 485 g/mol. The summed E-state index contributed by atoms with van der Waals surface area (Å²) >= 11 is 1.32. The molecule has 0 saturated carbocycles. The van der Waals surface area contributed by atoms with Crippen molar-refractivity contribution in [3.05, 3.63) is 59.7 Å². The molecule has 4 atom stereocenters. The number of esters is 1. The standard InChI is InChI=1S/C23H23N3O7S/c1-23(2)17(21(30)31)26-19(29)16(20(26)34-23)25-18(28)15(24)11-7-9-12(10-8-11)33-22(32)13-5-3-4-6-14(13)27/h3-10,15-17,20,27H,24H2,1-2H3,(H,25,28)(H,30,31)/t15?,16-,17+,20-/m1/s1. The highest BCUT2D eigenvalue weighted by molar-refractivity contribution is 8.01. The van der Waals surface area contributed by atoms with Crippen molar-refractivity contribution in [1.29, 1.82) is 0 Å². The Morgan fingerprint density at radius 1 is 1.15 bits per heavy atom. The summed E-state index contributed by atoms with van der Waals surface area (Å²) in [6.45, 7) is 3.50. The summed E-state index contributed by atoms with van der Waals surface area (Å²) in [5.74, 6) is -2.88. The second-order valence-electron chi connectivity index (χ2n) is 8.54. The molecule has 2 fully saturated rings. The molecule has 2 aliphatic heterocycles. The number of nitrogens with one attached hydrogen (secondary N) is 1. The number of phenols is 1. The van der Waals surface area contributed by atoms with Crippen molar-refractivity contribution >= 4 is 35.5 Å². The number of hydrogen-bond acceptors (Lipinski definition) is 8. The zero-order valence-electron chi connectivity index (χ0n) is 18.3. The lowest BCUT2D eigenvalue weighted by atomic mass is 9.95. The molecular weight excluding hydrogens is 462 g/mol. The van der Waals surface area contributed by atoms with E-state index in [1.54, 1.807) is 26.0 Å². The number of amides is 2. The number of benzene rings is 2. The fourth-order valence-corrected chi connectivity index (χ4v) is 5.72. The maximum atomic E-state index is 12.7. The van der Waals surface area contributed by atoms with Crippen LogP contribution in [0.2, 0.25) is 0 Å². The molecule has 34 heavy (non-hydrogen) atoms. The molecule has 178 valence electrons. The van der Waals surface area contributed by atoms with Gasteiger partial charge >= 0.3 is 11.9 Å². The first-order valence-electron chi connectivity index (χ1n) is 10.4. The van der Waals surface area contributed by atoms with Crippen LogP contribution in [-0.2, 0) is 14.4 Å². The quantitative estimate of drug-likeness (QED) is 0.268. The maximum Gasteiger partial charge on any atom is 0.347 e. The van der Waals surface area contributed by atoms with Gasteiger partial charge in [0.1, 0.15) is 40.6 Å². The van der Waals surface area contributed by atoms with Gasteiger partial charge in [-0.25, -0.2) is 9.59 Å². The predicted molar refractivity (Wildman–Crippen MR) is 122 cm³/mol. The molecule has 2 heterocycles. The zero-order valence-corrected chi connectivity index (χ0v) is 19.1. The minimum absolute atomic E-state index is 0.0139. The number of nitrogens with zero attached hydrogens (tertiary/aromatic N) is 1. The minimum Gasteiger partial charge on any atom is -0.507 e. The topological polar surface area (TPSA) is 159 Å². The number of para-hydroxylation sites is 1. The van der Waals surface area contributed by atoms with Gasteiger partial charge in [-0.15, -0.1) is 11.8 Å². The number of rotatable bonds is 6. The lowest BCUT2D eigenvalue weighted by Crippen LogP contribution is -2.71. The van der Waals surface area contributed by atoms with Gasteiger partial charge in [0.15, 0.2) is 0 Å². The maximum absolute atomic E-state index is 12.7. The molecule has 2 aliphatic rings. The smallest absolute Gasteiger partial charge is 0.347 e. The Bertz CT molecular complexity index is 1170. The van der Waals surface area contributed by atoms with E-state index < -0.39 is 52.0 Å². The van der Waals surface area contributed by atoms with E-state index in [0.29, 0.717) is 5.56 Å². The molecule has 0 bridgehead atoms. The molecule has 10 nitrogen and oxygen atoms in total. The Hall–Kier alpha value is -3.57. The Labute approximate surface area is 199 Å². The van der Waals surface area contributed by atoms with Gasteiger partial charge in [0.05, 0.1) is 0 Å². The van der Waals surface area contributed by atoms with Crippen molar-refractivity contribution in [3.63, 3.8) is 0 Å². The van der Waals surface area contributed by atoms with Gasteiger partial charge in [-0.05, 0) is 43.7 Å². The number of nitrogens with two attached hydrogens (primary N) is 1. The van der Waals surface area contributed by atoms with E-state index in [-0.39, 0.29) is 17.1 Å². The van der Waals surface area contributed by atoms with Crippen LogP contribution >= 0.6 is 11.8 Å². The highest BCUT2D eigenvalue weighted by atomic mass is 32.2. The number of phenolic OH excluding ortho intramolecular Hbond substituents is 1. The molecule has 2 amide bonds. The SMILES string of the molecule is CC1(C)S[C@@H]2[C@H](NC(=O)C(N)c3ccc(OC(=O)c4ccccc4O)cc3)C(=O)N2[C@H]1C(=O)O. The Morgan fingerprint density at radius 2 is 1.79 bits per heavy atom. The van der Waals surface area contributed by atoms with Gasteiger partial charge in [-0.1, -0.05) is 24.3 Å². The average molecular weight is 486 g/mol. The third-order valence-electron chi connectivity index (χ3n) is 5.83. The summed E-state index contributed by atoms with van der Waals surface area (Å²) < 4.78 is 4.54. The Balaban J connectivity index is 1.38. The van der Waals surface area contributed by atoms with Crippen molar-refractivity contribution in [1.82, 2.24) is 10.2 Å². The van der Waals surface area contributed by atoms with Crippen LogP contribution in [0.15, 0.2) is 48.5 Å². The van der Waals surface area contributed by atoms with E-state index in [1.165, 1.54) is 53.1 Å². The van der Waals surface area contributed by atoms with Crippen LogP contribution in [0.4, 0.5) is 0 Å². The van der Waals surface area contributed by atoms with E-state index in [1.807, 2.05) is 0 Å². The van der Waals surface area contributed by atoms with Crippen molar-refractivity contribution in [2.24, 2.45) is 5.73 Å². The summed E-state index contributed by atoms with van der Waals surface area (Å²) in [6.07, 6.45) is 0. The van der Waals surface area contributed by atoms with E-state index >= 15 is 0 Å². The summed E-state index contributed by atoms with van der Waals surface area (Å²) in [5.41, 5.74) is 6.50. The van der Waals surface area contributed by atoms with E-state index in [4.69, 9.17) is 10.5 Å². The van der Waals surface area contributed by atoms with Crippen molar-refractivity contribution < 1.29 is 34.1 Å². The first-order valence-corrected chi connectivity index (χ1v) is 11.3. The third kappa shape index (κ3) is 4.08. The number of β-lactam (4-membered cyclic amide) rings is 1. The highest BCUT2D eigenvalue weighted by Gasteiger charge is 2.64. The average Bonchev–Trinajstić information content (AvgIpc) is 3.05. The summed E-state index contributed by atoms with van der Waals surface area (Å²) in [7, 11) is 0. The zero-order chi connectivity index (χ0) is 24.8. The number of ether oxygens (including phenoxy) is 1. The van der Waals surface area contributed by atoms with Gasteiger partial charge in [0.2, 0.25) is 11.8 Å². The number of thioether (sulfide) groups is 1. The van der Waals surface area contributed by atoms with Gasteiger partial charge in [-0.2, -0.15) is 0 Å². The lowest BCUT2D eigenvalue weighted by molar-refractivity contribution is -0.161. The summed E-state index contributed by atoms with van der Waals surface area (Å²) in [5, 5.41) is 21.4. The number of hydrogen-bond donors (Lipinski definition) is 4. The van der Waals surface area contributed by atoms with Crippen LogP contribution in [0, 0.1) is 0 Å². The van der Waals surface area contributed by atoms with Gasteiger partial charge in [0, 0.05) is 4.75 Å². The largest absolute Gasteiger partial charge is 0.507 e. The molecule has 4 rings (SSSR count). The molecule has 2 aromatic rings. The molecule has 11 heteroatoms. The number of carbonyl (C=O) groups is 4. The highest BCUT2D eigenvalue weighted by Crippen LogP contribution is 2.50. The van der Waals surface area contributed by atoms with Crippen LogP contribution in [0.25, 0.3) is 0 Å². The number of aliphatic carboxylic acids is 1. The molecule has 0 aliphatic carbocycles. The van der Waals surface area contributed by atoms with Crippen molar-refractivity contribution in [2.75, 3.05) is 0 Å². The molecule has 0 aromatic heterocycles. The Kier molecular flexibility index (Phi) is 6.00. The van der Waals surface area contributed by atoms with Crippen LogP contribution < -0.4 is 15.8 Å². The molecule has 2 aromatic carbocycles. The summed E-state index contributed by atoms with van der Waals surface area (Å²) in [4.78, 5) is 50.4. The van der Waals surface area contributed by atoms with Crippen LogP contribution in [0.3, 0.4) is 0 Å². The van der Waals surface area contributed by atoms with Gasteiger partial charge < -0.3 is 30.9 Å². The van der Waals surface area contributed by atoms with Gasteiger partial charge in [0.25, 0.3) is 0 Å². The number of fused-ring (bicyclic) bond motifs is 1. The molecule has 2 saturated heterocycles. The number of aromatic hydroxyl groups is 1. The van der Waals surface area contributed by atoms with Gasteiger partial charge in [-0.3, -0.25) is 9.59 Å². The number of carboxylic acid groups (broad SMARTS) is 1. The lowest BCUT2D eigenvalue weighted by Gasteiger charge is -2.43. The second kappa shape index (κ2) is 8.65. The number of carbonyl (C=O) groups excluding carboxylic acids is 3. The fraction of sp³-hybridized carbons (Fsp3) is 0.304. The molecular formula is C23H23N3O7S.